The van der Waals surface area contributed by atoms with E-state index in [-0.39, 0.29) is 12.2 Å². The number of benzene rings is 2. The minimum Gasteiger partial charge on any atom is -0.488 e. The number of carboxylic acid groups (broad SMARTS) is 1. The first-order valence-corrected chi connectivity index (χ1v) is 7.49. The highest BCUT2D eigenvalue weighted by Crippen LogP contribution is 2.33. The van der Waals surface area contributed by atoms with E-state index in [0.29, 0.717) is 11.4 Å². The van der Waals surface area contributed by atoms with E-state index < -0.39 is 6.09 Å². The number of anilines is 1. The molecule has 1 aliphatic rings. The standard InChI is InChI=1S/C17H19NO4/c19-13-5-7-14(8-6-13)22-16-10-12-4-2-1-3-11(12)9-15(16)18-17(20)21/h1-4,9-10,13-14,18-19H,5-8H2,(H,20,21). The first-order chi connectivity index (χ1) is 10.6. The van der Waals surface area contributed by atoms with Crippen molar-refractivity contribution in [3.63, 3.8) is 0 Å². The molecule has 116 valence electrons. The second kappa shape index (κ2) is 6.23. The molecule has 3 N–H and O–H groups in total. The largest absolute Gasteiger partial charge is 0.488 e. The molecule has 0 aromatic heterocycles. The molecule has 0 radical (unpaired) electrons. The van der Waals surface area contributed by atoms with Crippen molar-refractivity contribution in [2.75, 3.05) is 5.32 Å². The number of nitrogens with one attached hydrogen (secondary N) is 1. The third-order valence-electron chi connectivity index (χ3n) is 4.03. The van der Waals surface area contributed by atoms with Crippen LogP contribution in [0, 0.1) is 0 Å². The van der Waals surface area contributed by atoms with Gasteiger partial charge in [-0.25, -0.2) is 4.79 Å². The summed E-state index contributed by atoms with van der Waals surface area (Å²) in [7, 11) is 0. The van der Waals surface area contributed by atoms with Gasteiger partial charge in [-0.1, -0.05) is 24.3 Å². The van der Waals surface area contributed by atoms with E-state index in [1.165, 1.54) is 0 Å². The van der Waals surface area contributed by atoms with Gasteiger partial charge < -0.3 is 14.9 Å². The van der Waals surface area contributed by atoms with E-state index in [4.69, 9.17) is 9.84 Å². The van der Waals surface area contributed by atoms with Gasteiger partial charge in [-0.15, -0.1) is 0 Å². The summed E-state index contributed by atoms with van der Waals surface area (Å²) in [5.41, 5.74) is 0.456. The van der Waals surface area contributed by atoms with Crippen molar-refractivity contribution in [1.82, 2.24) is 0 Å². The molecule has 1 fully saturated rings. The molecular formula is C17H19NO4. The van der Waals surface area contributed by atoms with Crippen LogP contribution in [0.25, 0.3) is 10.8 Å². The van der Waals surface area contributed by atoms with Gasteiger partial charge in [-0.05, 0) is 48.6 Å². The van der Waals surface area contributed by atoms with E-state index in [2.05, 4.69) is 5.32 Å². The van der Waals surface area contributed by atoms with Crippen LogP contribution >= 0.6 is 0 Å². The van der Waals surface area contributed by atoms with Crippen LogP contribution in [0.1, 0.15) is 25.7 Å². The van der Waals surface area contributed by atoms with Gasteiger partial charge in [0.05, 0.1) is 17.9 Å². The van der Waals surface area contributed by atoms with E-state index in [0.717, 1.165) is 36.5 Å². The van der Waals surface area contributed by atoms with Gasteiger partial charge in [0, 0.05) is 0 Å². The van der Waals surface area contributed by atoms with Gasteiger partial charge in [0.1, 0.15) is 5.75 Å². The monoisotopic (exact) mass is 301 g/mol. The Bertz CT molecular complexity index is 677. The Hall–Kier alpha value is -2.27. The van der Waals surface area contributed by atoms with Gasteiger partial charge in [0.15, 0.2) is 0 Å². The number of aliphatic hydroxyl groups is 1. The van der Waals surface area contributed by atoms with Crippen LogP contribution in [0.4, 0.5) is 10.5 Å². The van der Waals surface area contributed by atoms with E-state index >= 15 is 0 Å². The van der Waals surface area contributed by atoms with Gasteiger partial charge in [0.2, 0.25) is 0 Å². The quantitative estimate of drug-likeness (QED) is 0.809. The molecule has 0 atom stereocenters. The lowest BCUT2D eigenvalue weighted by Gasteiger charge is -2.27. The summed E-state index contributed by atoms with van der Waals surface area (Å²) in [6.07, 6.45) is 1.66. The van der Waals surface area contributed by atoms with Crippen molar-refractivity contribution in [2.45, 2.75) is 37.9 Å². The molecule has 5 nitrogen and oxygen atoms in total. The Labute approximate surface area is 128 Å². The normalized spacial score (nSPS) is 21.5. The first kappa shape index (κ1) is 14.7. The lowest BCUT2D eigenvalue weighted by molar-refractivity contribution is 0.0670. The topological polar surface area (TPSA) is 78.8 Å². The zero-order valence-corrected chi connectivity index (χ0v) is 12.2. The fourth-order valence-electron chi connectivity index (χ4n) is 2.87. The summed E-state index contributed by atoms with van der Waals surface area (Å²) in [5, 5.41) is 22.9. The third-order valence-corrected chi connectivity index (χ3v) is 4.03. The number of hydrogen-bond acceptors (Lipinski definition) is 3. The summed E-state index contributed by atoms with van der Waals surface area (Å²) in [4.78, 5) is 11.0. The maximum atomic E-state index is 11.0. The molecule has 0 spiro atoms. The minimum absolute atomic E-state index is 0.0129. The van der Waals surface area contributed by atoms with Crippen molar-refractivity contribution in [3.8, 4) is 5.75 Å². The molecular weight excluding hydrogens is 282 g/mol. The molecule has 2 aromatic rings. The van der Waals surface area contributed by atoms with Crippen LogP contribution in [0.5, 0.6) is 5.75 Å². The van der Waals surface area contributed by atoms with Crippen LogP contribution in [0.3, 0.4) is 0 Å². The van der Waals surface area contributed by atoms with E-state index in [1.54, 1.807) is 6.07 Å². The average molecular weight is 301 g/mol. The average Bonchev–Trinajstić information content (AvgIpc) is 2.49. The number of aliphatic hydroxyl groups excluding tert-OH is 1. The SMILES string of the molecule is O=C(O)Nc1cc2ccccc2cc1OC1CCC(O)CC1. The predicted octanol–water partition coefficient (Wildman–Crippen LogP) is 3.61. The fraction of sp³-hybridized carbons (Fsp3) is 0.353. The summed E-state index contributed by atoms with van der Waals surface area (Å²) in [6, 6.07) is 11.4. The lowest BCUT2D eigenvalue weighted by Crippen LogP contribution is -2.26. The maximum absolute atomic E-state index is 11.0. The first-order valence-electron chi connectivity index (χ1n) is 7.49. The van der Waals surface area contributed by atoms with Crippen molar-refractivity contribution < 1.29 is 19.7 Å². The number of ether oxygens (including phenoxy) is 1. The smallest absolute Gasteiger partial charge is 0.409 e. The molecule has 0 bridgehead atoms. The van der Waals surface area contributed by atoms with Crippen LogP contribution < -0.4 is 10.1 Å². The third kappa shape index (κ3) is 3.31. The Morgan fingerprint density at radius 1 is 1.09 bits per heavy atom. The molecule has 2 aromatic carbocycles. The van der Waals surface area contributed by atoms with Crippen molar-refractivity contribution in [1.29, 1.82) is 0 Å². The Morgan fingerprint density at radius 2 is 1.73 bits per heavy atom. The van der Waals surface area contributed by atoms with Crippen molar-refractivity contribution in [2.24, 2.45) is 0 Å². The van der Waals surface area contributed by atoms with Crippen LogP contribution in [0.2, 0.25) is 0 Å². The molecule has 3 rings (SSSR count). The molecule has 1 aliphatic carbocycles. The Balaban J connectivity index is 1.89. The van der Waals surface area contributed by atoms with Gasteiger partial charge >= 0.3 is 6.09 Å². The highest BCUT2D eigenvalue weighted by atomic mass is 16.5. The molecule has 1 saturated carbocycles. The van der Waals surface area contributed by atoms with Gasteiger partial charge in [-0.3, -0.25) is 5.32 Å². The maximum Gasteiger partial charge on any atom is 0.409 e. The molecule has 0 saturated heterocycles. The predicted molar refractivity (Wildman–Crippen MR) is 84.5 cm³/mol. The highest BCUT2D eigenvalue weighted by Gasteiger charge is 2.22. The zero-order valence-electron chi connectivity index (χ0n) is 12.2. The van der Waals surface area contributed by atoms with Crippen molar-refractivity contribution in [3.05, 3.63) is 36.4 Å². The lowest BCUT2D eigenvalue weighted by atomic mass is 9.95. The molecule has 1 amide bonds. The van der Waals surface area contributed by atoms with Crippen LogP contribution in [-0.4, -0.2) is 28.5 Å². The second-order valence-electron chi connectivity index (χ2n) is 5.67. The minimum atomic E-state index is -1.11. The summed E-state index contributed by atoms with van der Waals surface area (Å²) in [5.74, 6) is 0.544. The highest BCUT2D eigenvalue weighted by molar-refractivity contribution is 5.93. The van der Waals surface area contributed by atoms with Crippen LogP contribution in [-0.2, 0) is 0 Å². The Kier molecular flexibility index (Phi) is 4.15. The molecule has 5 heteroatoms. The molecule has 22 heavy (non-hydrogen) atoms. The summed E-state index contributed by atoms with van der Waals surface area (Å²) in [6.45, 7) is 0. The Morgan fingerprint density at radius 3 is 2.36 bits per heavy atom. The number of fused-ring (bicyclic) bond motifs is 1. The van der Waals surface area contributed by atoms with Crippen molar-refractivity contribution >= 4 is 22.6 Å². The molecule has 0 unspecified atom stereocenters. The van der Waals surface area contributed by atoms with Crippen LogP contribution in [0.15, 0.2) is 36.4 Å². The number of amides is 1. The van der Waals surface area contributed by atoms with E-state index in [9.17, 15) is 9.90 Å². The fourth-order valence-corrected chi connectivity index (χ4v) is 2.87. The molecule has 0 aliphatic heterocycles. The summed E-state index contributed by atoms with van der Waals surface area (Å²) < 4.78 is 6.01. The number of carbonyl (C=O) groups is 1. The zero-order chi connectivity index (χ0) is 15.5. The van der Waals surface area contributed by atoms with Gasteiger partial charge in [-0.2, -0.15) is 0 Å². The number of rotatable bonds is 3. The van der Waals surface area contributed by atoms with E-state index in [1.807, 2.05) is 30.3 Å². The number of hydrogen-bond donors (Lipinski definition) is 3. The molecule has 0 heterocycles. The second-order valence-corrected chi connectivity index (χ2v) is 5.67. The summed E-state index contributed by atoms with van der Waals surface area (Å²) >= 11 is 0. The van der Waals surface area contributed by atoms with Gasteiger partial charge in [0.25, 0.3) is 0 Å².